The summed E-state index contributed by atoms with van der Waals surface area (Å²) in [5.41, 5.74) is 5.14. The first-order valence-electron chi connectivity index (χ1n) is 5.23. The van der Waals surface area contributed by atoms with Gasteiger partial charge in [0.15, 0.2) is 0 Å². The van der Waals surface area contributed by atoms with Crippen LogP contribution in [-0.2, 0) is 14.3 Å². The molecule has 1 aliphatic rings. The van der Waals surface area contributed by atoms with Crippen LogP contribution in [0.15, 0.2) is 0 Å². The van der Waals surface area contributed by atoms with Crippen LogP contribution in [0.5, 0.6) is 0 Å². The summed E-state index contributed by atoms with van der Waals surface area (Å²) in [5.74, 6) is -0.583. The number of methoxy groups -OCH3 is 1. The lowest BCUT2D eigenvalue weighted by atomic mass is 10.1. The quantitative estimate of drug-likeness (QED) is 0.664. The zero-order chi connectivity index (χ0) is 11.3. The zero-order valence-corrected chi connectivity index (χ0v) is 8.99. The Balaban J connectivity index is 2.42. The van der Waals surface area contributed by atoms with Crippen LogP contribution in [0, 0.1) is 5.92 Å². The molecule has 5 nitrogen and oxygen atoms in total. The van der Waals surface area contributed by atoms with E-state index >= 15 is 0 Å². The van der Waals surface area contributed by atoms with Crippen LogP contribution in [0.3, 0.4) is 0 Å². The first kappa shape index (κ1) is 12.0. The van der Waals surface area contributed by atoms with Gasteiger partial charge in [-0.05, 0) is 12.8 Å². The van der Waals surface area contributed by atoms with Gasteiger partial charge in [-0.15, -0.1) is 0 Å². The van der Waals surface area contributed by atoms with Crippen molar-refractivity contribution in [2.45, 2.75) is 31.7 Å². The smallest absolute Gasteiger partial charge is 0.242 e. The molecule has 86 valence electrons. The van der Waals surface area contributed by atoms with Gasteiger partial charge in [-0.1, -0.05) is 12.8 Å². The third kappa shape index (κ3) is 3.51. The van der Waals surface area contributed by atoms with E-state index in [-0.39, 0.29) is 18.4 Å². The molecule has 3 N–H and O–H groups in total. The minimum Gasteiger partial charge on any atom is -0.382 e. The van der Waals surface area contributed by atoms with Crippen LogP contribution >= 0.6 is 0 Å². The van der Waals surface area contributed by atoms with E-state index < -0.39 is 11.9 Å². The van der Waals surface area contributed by atoms with Crippen molar-refractivity contribution in [1.29, 1.82) is 0 Å². The normalized spacial score (nSPS) is 18.7. The molecular weight excluding hydrogens is 196 g/mol. The van der Waals surface area contributed by atoms with Gasteiger partial charge >= 0.3 is 0 Å². The molecular formula is C10H18N2O3. The molecule has 0 radical (unpaired) electrons. The van der Waals surface area contributed by atoms with Gasteiger partial charge in [-0.3, -0.25) is 9.59 Å². The standard InChI is InChI=1S/C10H18N2O3/c1-15-6-8(9(11)13)12-10(14)7-4-2-3-5-7/h7-8H,2-6H2,1H3,(H2,11,13)(H,12,14). The van der Waals surface area contributed by atoms with Gasteiger partial charge in [0.1, 0.15) is 6.04 Å². The van der Waals surface area contributed by atoms with Gasteiger partial charge in [0.2, 0.25) is 11.8 Å². The van der Waals surface area contributed by atoms with Crippen molar-refractivity contribution < 1.29 is 14.3 Å². The van der Waals surface area contributed by atoms with Crippen LogP contribution < -0.4 is 11.1 Å². The van der Waals surface area contributed by atoms with Crippen LogP contribution in [0.2, 0.25) is 0 Å². The predicted molar refractivity (Wildman–Crippen MR) is 55.0 cm³/mol. The molecule has 1 atom stereocenters. The van der Waals surface area contributed by atoms with Gasteiger partial charge in [0.05, 0.1) is 6.61 Å². The Bertz CT molecular complexity index is 237. The topological polar surface area (TPSA) is 81.4 Å². The largest absolute Gasteiger partial charge is 0.382 e. The van der Waals surface area contributed by atoms with Crippen LogP contribution in [0.4, 0.5) is 0 Å². The molecule has 0 aromatic rings. The SMILES string of the molecule is COCC(NC(=O)C1CCCC1)C(N)=O. The fourth-order valence-electron chi connectivity index (χ4n) is 1.84. The number of hydrogen-bond donors (Lipinski definition) is 2. The molecule has 1 fully saturated rings. The van der Waals surface area contributed by atoms with Gasteiger partial charge in [0.25, 0.3) is 0 Å². The zero-order valence-electron chi connectivity index (χ0n) is 8.99. The summed E-state index contributed by atoms with van der Waals surface area (Å²) in [6.07, 6.45) is 3.99. The number of nitrogens with one attached hydrogen (secondary N) is 1. The summed E-state index contributed by atoms with van der Waals surface area (Å²) in [5, 5.41) is 2.62. The summed E-state index contributed by atoms with van der Waals surface area (Å²) in [7, 11) is 1.47. The molecule has 2 amide bonds. The number of primary amides is 1. The molecule has 0 saturated heterocycles. The van der Waals surface area contributed by atoms with E-state index in [9.17, 15) is 9.59 Å². The van der Waals surface area contributed by atoms with Crippen molar-refractivity contribution in [2.24, 2.45) is 11.7 Å². The van der Waals surface area contributed by atoms with E-state index in [2.05, 4.69) is 5.32 Å². The second kappa shape index (κ2) is 5.70. The summed E-state index contributed by atoms with van der Waals surface area (Å²) < 4.78 is 4.81. The molecule has 0 aromatic carbocycles. The number of rotatable bonds is 5. The Morgan fingerprint density at radius 1 is 1.47 bits per heavy atom. The third-order valence-electron chi connectivity index (χ3n) is 2.72. The van der Waals surface area contributed by atoms with Crippen molar-refractivity contribution in [3.8, 4) is 0 Å². The van der Waals surface area contributed by atoms with Crippen LogP contribution in [0.1, 0.15) is 25.7 Å². The molecule has 1 unspecified atom stereocenters. The highest BCUT2D eigenvalue weighted by Gasteiger charge is 2.26. The van der Waals surface area contributed by atoms with E-state index in [1.54, 1.807) is 0 Å². The van der Waals surface area contributed by atoms with Gasteiger partial charge < -0.3 is 15.8 Å². The second-order valence-corrected chi connectivity index (χ2v) is 3.90. The fraction of sp³-hybridized carbons (Fsp3) is 0.800. The molecule has 1 rings (SSSR count). The summed E-state index contributed by atoms with van der Waals surface area (Å²) >= 11 is 0. The first-order valence-corrected chi connectivity index (χ1v) is 5.23. The van der Waals surface area contributed by atoms with Crippen molar-refractivity contribution >= 4 is 11.8 Å². The van der Waals surface area contributed by atoms with E-state index in [1.807, 2.05) is 0 Å². The van der Waals surface area contributed by atoms with Gasteiger partial charge in [0, 0.05) is 13.0 Å². The number of carbonyl (C=O) groups excluding carboxylic acids is 2. The maximum atomic E-state index is 11.7. The molecule has 0 aromatic heterocycles. The van der Waals surface area contributed by atoms with E-state index in [0.717, 1.165) is 25.7 Å². The lowest BCUT2D eigenvalue weighted by Crippen LogP contribution is -2.48. The highest BCUT2D eigenvalue weighted by molar-refractivity contribution is 5.87. The molecule has 0 heterocycles. The van der Waals surface area contributed by atoms with Crippen molar-refractivity contribution in [3.05, 3.63) is 0 Å². The third-order valence-corrected chi connectivity index (χ3v) is 2.72. The number of nitrogens with two attached hydrogens (primary N) is 1. The second-order valence-electron chi connectivity index (χ2n) is 3.90. The summed E-state index contributed by atoms with van der Waals surface area (Å²) in [6, 6.07) is -0.705. The molecule has 0 aliphatic heterocycles. The lowest BCUT2D eigenvalue weighted by Gasteiger charge is -2.17. The Morgan fingerprint density at radius 3 is 2.53 bits per heavy atom. The Labute approximate surface area is 89.3 Å². The molecule has 0 spiro atoms. The predicted octanol–water partition coefficient (Wildman–Crippen LogP) is -0.207. The average molecular weight is 214 g/mol. The average Bonchev–Trinajstić information content (AvgIpc) is 2.69. The summed E-state index contributed by atoms with van der Waals surface area (Å²) in [6.45, 7) is 0.133. The number of amides is 2. The highest BCUT2D eigenvalue weighted by atomic mass is 16.5. The minimum atomic E-state index is -0.705. The summed E-state index contributed by atoms with van der Waals surface area (Å²) in [4.78, 5) is 22.6. The molecule has 15 heavy (non-hydrogen) atoms. The van der Waals surface area contributed by atoms with E-state index in [1.165, 1.54) is 7.11 Å². The molecule has 1 saturated carbocycles. The minimum absolute atomic E-state index is 0.0451. The van der Waals surface area contributed by atoms with E-state index in [0.29, 0.717) is 0 Å². The number of hydrogen-bond acceptors (Lipinski definition) is 3. The van der Waals surface area contributed by atoms with Crippen LogP contribution in [-0.4, -0.2) is 31.6 Å². The maximum Gasteiger partial charge on any atom is 0.242 e. The van der Waals surface area contributed by atoms with Crippen molar-refractivity contribution in [2.75, 3.05) is 13.7 Å². The van der Waals surface area contributed by atoms with Crippen LogP contribution in [0.25, 0.3) is 0 Å². The maximum absolute atomic E-state index is 11.7. The first-order chi connectivity index (χ1) is 7.15. The van der Waals surface area contributed by atoms with Gasteiger partial charge in [-0.2, -0.15) is 0 Å². The Hall–Kier alpha value is -1.10. The highest BCUT2D eigenvalue weighted by Crippen LogP contribution is 2.24. The Kier molecular flexibility index (Phi) is 4.55. The molecule has 0 bridgehead atoms. The fourth-order valence-corrected chi connectivity index (χ4v) is 1.84. The lowest BCUT2D eigenvalue weighted by molar-refractivity contribution is -0.130. The monoisotopic (exact) mass is 214 g/mol. The molecule has 1 aliphatic carbocycles. The van der Waals surface area contributed by atoms with Crippen molar-refractivity contribution in [1.82, 2.24) is 5.32 Å². The molecule has 5 heteroatoms. The van der Waals surface area contributed by atoms with Crippen molar-refractivity contribution in [3.63, 3.8) is 0 Å². The van der Waals surface area contributed by atoms with E-state index in [4.69, 9.17) is 10.5 Å². The Morgan fingerprint density at radius 2 is 2.07 bits per heavy atom. The number of ether oxygens (including phenoxy) is 1. The van der Waals surface area contributed by atoms with Gasteiger partial charge in [-0.25, -0.2) is 0 Å². The number of carbonyl (C=O) groups is 2.